The average Bonchev–Trinajstić information content (AvgIpc) is 2.70. The number of nitrogens with zero attached hydrogens (tertiary/aromatic N) is 3. The zero-order valence-electron chi connectivity index (χ0n) is 16.5. The number of nitrogens with one attached hydrogen (secondary N) is 2. The van der Waals surface area contributed by atoms with Gasteiger partial charge < -0.3 is 10.1 Å². The Kier molecular flexibility index (Phi) is 7.02. The molecule has 0 fully saturated rings. The van der Waals surface area contributed by atoms with Crippen LogP contribution < -0.4 is 15.4 Å². The van der Waals surface area contributed by atoms with Crippen molar-refractivity contribution in [3.8, 4) is 11.5 Å². The van der Waals surface area contributed by atoms with E-state index in [0.29, 0.717) is 17.3 Å². The molecule has 0 unspecified atom stereocenters. The van der Waals surface area contributed by atoms with Crippen molar-refractivity contribution in [1.82, 2.24) is 20.3 Å². The van der Waals surface area contributed by atoms with E-state index < -0.39 is 0 Å². The maximum absolute atomic E-state index is 12.2. The van der Waals surface area contributed by atoms with Gasteiger partial charge in [0.05, 0.1) is 5.69 Å². The quantitative estimate of drug-likeness (QED) is 0.576. The molecule has 8 heteroatoms. The van der Waals surface area contributed by atoms with Gasteiger partial charge in [0.15, 0.2) is 11.6 Å². The van der Waals surface area contributed by atoms with E-state index in [1.54, 1.807) is 18.6 Å². The number of hydrogen-bond acceptors (Lipinski definition) is 6. The fraction of sp³-hybridized carbons (Fsp3) is 0.238. The van der Waals surface area contributed by atoms with E-state index in [-0.39, 0.29) is 12.1 Å². The van der Waals surface area contributed by atoms with Gasteiger partial charge in [-0.1, -0.05) is 24.8 Å². The number of aryl methyl sites for hydroxylation is 1. The van der Waals surface area contributed by atoms with E-state index in [1.807, 2.05) is 57.2 Å². The first-order valence-corrected chi connectivity index (χ1v) is 10.1. The van der Waals surface area contributed by atoms with E-state index in [1.165, 1.54) is 11.8 Å². The maximum atomic E-state index is 12.2. The Bertz CT molecular complexity index is 966. The number of rotatable bonds is 7. The number of hydrogen-bond donors (Lipinski definition) is 2. The van der Waals surface area contributed by atoms with E-state index >= 15 is 0 Å². The molecule has 3 aromatic heterocycles. The van der Waals surface area contributed by atoms with Crippen molar-refractivity contribution in [3.63, 3.8) is 0 Å². The summed E-state index contributed by atoms with van der Waals surface area (Å²) in [5.74, 6) is 1.40. The van der Waals surface area contributed by atoms with Crippen LogP contribution in [0.2, 0.25) is 0 Å². The molecular weight excluding hydrogens is 386 g/mol. The lowest BCUT2D eigenvalue weighted by Gasteiger charge is -2.15. The maximum Gasteiger partial charge on any atom is 0.320 e. The van der Waals surface area contributed by atoms with Gasteiger partial charge in [-0.25, -0.2) is 14.8 Å². The molecule has 0 radical (unpaired) electrons. The van der Waals surface area contributed by atoms with Gasteiger partial charge in [-0.3, -0.25) is 10.3 Å². The summed E-state index contributed by atoms with van der Waals surface area (Å²) in [6, 6.07) is 10.9. The molecule has 3 aromatic rings. The zero-order valence-corrected chi connectivity index (χ0v) is 17.4. The summed E-state index contributed by atoms with van der Waals surface area (Å²) in [4.78, 5) is 26.1. The van der Waals surface area contributed by atoms with Crippen LogP contribution in [0.1, 0.15) is 26.5 Å². The van der Waals surface area contributed by atoms with Crippen LogP contribution in [0.25, 0.3) is 0 Å². The Hall–Kier alpha value is -3.13. The summed E-state index contributed by atoms with van der Waals surface area (Å²) in [6.07, 6.45) is 5.87. The van der Waals surface area contributed by atoms with Gasteiger partial charge in [0.1, 0.15) is 10.8 Å². The molecule has 29 heavy (non-hydrogen) atoms. The fourth-order valence-corrected chi connectivity index (χ4v) is 3.26. The van der Waals surface area contributed by atoms with Crippen LogP contribution in [0.15, 0.2) is 64.9 Å². The lowest BCUT2D eigenvalue weighted by atomic mass is 10.2. The van der Waals surface area contributed by atoms with Gasteiger partial charge in [0, 0.05) is 35.6 Å². The number of pyridine rings is 3. The van der Waals surface area contributed by atoms with E-state index in [4.69, 9.17) is 4.74 Å². The van der Waals surface area contributed by atoms with Crippen molar-refractivity contribution < 1.29 is 9.53 Å². The molecule has 7 nitrogen and oxygen atoms in total. The van der Waals surface area contributed by atoms with Crippen molar-refractivity contribution in [1.29, 1.82) is 0 Å². The lowest BCUT2D eigenvalue weighted by Crippen LogP contribution is -2.34. The number of amides is 2. The first-order chi connectivity index (χ1) is 14.0. The third-order valence-corrected chi connectivity index (χ3v) is 4.65. The van der Waals surface area contributed by atoms with Crippen LogP contribution in [0.4, 0.5) is 10.6 Å². The van der Waals surface area contributed by atoms with Gasteiger partial charge in [-0.2, -0.15) is 0 Å². The molecule has 2 amide bonds. The highest BCUT2D eigenvalue weighted by molar-refractivity contribution is 7.99. The van der Waals surface area contributed by atoms with Gasteiger partial charge in [0.2, 0.25) is 0 Å². The zero-order chi connectivity index (χ0) is 20.6. The van der Waals surface area contributed by atoms with Gasteiger partial charge in [0.25, 0.3) is 0 Å². The molecule has 0 aliphatic heterocycles. The minimum absolute atomic E-state index is 0.00312. The molecule has 0 saturated heterocycles. The van der Waals surface area contributed by atoms with Crippen molar-refractivity contribution in [2.24, 2.45) is 0 Å². The predicted molar refractivity (Wildman–Crippen MR) is 114 cm³/mol. The van der Waals surface area contributed by atoms with Crippen LogP contribution in [0, 0.1) is 0 Å². The predicted octanol–water partition coefficient (Wildman–Crippen LogP) is 4.91. The fourth-order valence-electron chi connectivity index (χ4n) is 2.49. The Morgan fingerprint density at radius 3 is 2.66 bits per heavy atom. The molecule has 0 aliphatic carbocycles. The van der Waals surface area contributed by atoms with Crippen LogP contribution in [0.5, 0.6) is 11.5 Å². The summed E-state index contributed by atoms with van der Waals surface area (Å²) in [6.45, 7) is 5.79. The van der Waals surface area contributed by atoms with Crippen LogP contribution in [-0.2, 0) is 6.42 Å². The molecule has 0 bridgehead atoms. The number of carbonyl (C=O) groups excluding carboxylic acids is 1. The second-order valence-electron chi connectivity index (χ2n) is 6.44. The largest absolute Gasteiger partial charge is 0.452 e. The minimum atomic E-state index is -0.343. The summed E-state index contributed by atoms with van der Waals surface area (Å²) >= 11 is 1.46. The summed E-state index contributed by atoms with van der Waals surface area (Å²) in [5, 5.41) is 6.39. The van der Waals surface area contributed by atoms with E-state index in [2.05, 4.69) is 25.6 Å². The van der Waals surface area contributed by atoms with Gasteiger partial charge in [-0.05, 0) is 44.5 Å². The van der Waals surface area contributed by atoms with E-state index in [9.17, 15) is 4.79 Å². The molecule has 3 heterocycles. The summed E-state index contributed by atoms with van der Waals surface area (Å²) in [7, 11) is 0. The molecule has 3 rings (SSSR count). The van der Waals surface area contributed by atoms with Crippen LogP contribution in [-0.4, -0.2) is 27.0 Å². The molecule has 0 aliphatic rings. The Balaban J connectivity index is 1.91. The minimum Gasteiger partial charge on any atom is -0.452 e. The molecule has 0 atom stereocenters. The Morgan fingerprint density at radius 2 is 1.93 bits per heavy atom. The van der Waals surface area contributed by atoms with Crippen molar-refractivity contribution in [3.05, 3.63) is 60.7 Å². The standard InChI is InChI=1S/C21H23N5O2S/c1-4-16-17(8-7-11-22-16)28-18-12-15(29-19-9-5-6-10-23-19)13-24-20(18)26-21(27)25-14(2)3/h5-14H,4H2,1-3H3,(H2,24,25,26,27). The number of anilines is 1. The molecule has 0 aromatic carbocycles. The summed E-state index contributed by atoms with van der Waals surface area (Å²) in [5.41, 5.74) is 0.827. The van der Waals surface area contributed by atoms with Crippen molar-refractivity contribution >= 4 is 23.6 Å². The van der Waals surface area contributed by atoms with Crippen LogP contribution >= 0.6 is 11.8 Å². The summed E-state index contributed by atoms with van der Waals surface area (Å²) < 4.78 is 6.11. The number of ether oxygens (including phenoxy) is 1. The monoisotopic (exact) mass is 409 g/mol. The highest BCUT2D eigenvalue weighted by Crippen LogP contribution is 2.35. The topological polar surface area (TPSA) is 89.0 Å². The molecule has 0 saturated carbocycles. The van der Waals surface area contributed by atoms with Crippen molar-refractivity contribution in [2.45, 2.75) is 43.2 Å². The number of urea groups is 1. The lowest BCUT2D eigenvalue weighted by molar-refractivity contribution is 0.250. The van der Waals surface area contributed by atoms with Crippen molar-refractivity contribution in [2.75, 3.05) is 5.32 Å². The molecular formula is C21H23N5O2S. The Labute approximate surface area is 174 Å². The molecule has 150 valence electrons. The Morgan fingerprint density at radius 1 is 1.10 bits per heavy atom. The first-order valence-electron chi connectivity index (χ1n) is 9.33. The molecule has 0 spiro atoms. The number of carbonyl (C=O) groups is 1. The van der Waals surface area contributed by atoms with Gasteiger partial charge >= 0.3 is 6.03 Å². The first kappa shape index (κ1) is 20.6. The molecule has 2 N–H and O–H groups in total. The highest BCUT2D eigenvalue weighted by atomic mass is 32.2. The SMILES string of the molecule is CCc1ncccc1Oc1cc(Sc2ccccn2)cnc1NC(=O)NC(C)C. The third kappa shape index (κ3) is 5.92. The van der Waals surface area contributed by atoms with Gasteiger partial charge in [-0.15, -0.1) is 0 Å². The average molecular weight is 410 g/mol. The highest BCUT2D eigenvalue weighted by Gasteiger charge is 2.15. The third-order valence-electron chi connectivity index (χ3n) is 3.74. The van der Waals surface area contributed by atoms with Crippen LogP contribution in [0.3, 0.4) is 0 Å². The second kappa shape index (κ2) is 9.88. The second-order valence-corrected chi connectivity index (χ2v) is 7.54. The number of aromatic nitrogens is 3. The normalized spacial score (nSPS) is 10.6. The smallest absolute Gasteiger partial charge is 0.320 e. The van der Waals surface area contributed by atoms with E-state index in [0.717, 1.165) is 22.0 Å².